The van der Waals surface area contributed by atoms with E-state index < -0.39 is 0 Å². The van der Waals surface area contributed by atoms with Crippen LogP contribution in [0.4, 0.5) is 4.39 Å². The molecule has 120 valence electrons. The van der Waals surface area contributed by atoms with Crippen molar-refractivity contribution in [2.45, 2.75) is 18.9 Å². The van der Waals surface area contributed by atoms with Crippen LogP contribution in [0.2, 0.25) is 0 Å². The van der Waals surface area contributed by atoms with E-state index >= 15 is 0 Å². The number of rotatable bonds is 5. The molecule has 3 nitrogen and oxygen atoms in total. The van der Waals surface area contributed by atoms with Gasteiger partial charge in [0.1, 0.15) is 5.82 Å². The first-order chi connectivity index (χ1) is 11.2. The van der Waals surface area contributed by atoms with Crippen molar-refractivity contribution in [2.75, 3.05) is 19.6 Å². The molecule has 1 N–H and O–H groups in total. The van der Waals surface area contributed by atoms with Gasteiger partial charge in [0.15, 0.2) is 0 Å². The lowest BCUT2D eigenvalue weighted by Crippen LogP contribution is -2.36. The maximum Gasteiger partial charge on any atom is 0.251 e. The lowest BCUT2D eigenvalue weighted by atomic mass is 10.1. The summed E-state index contributed by atoms with van der Waals surface area (Å²) in [5.41, 5.74) is 1.70. The monoisotopic (exact) mass is 312 g/mol. The quantitative estimate of drug-likeness (QED) is 0.918. The Balaban J connectivity index is 1.69. The summed E-state index contributed by atoms with van der Waals surface area (Å²) >= 11 is 0. The van der Waals surface area contributed by atoms with Gasteiger partial charge in [0.25, 0.3) is 5.91 Å². The Kier molecular flexibility index (Phi) is 5.03. The van der Waals surface area contributed by atoms with Crippen LogP contribution < -0.4 is 5.32 Å². The average Bonchev–Trinajstić information content (AvgIpc) is 3.11. The molecule has 23 heavy (non-hydrogen) atoms. The molecule has 1 saturated heterocycles. The Labute approximate surface area is 136 Å². The molecule has 0 aromatic heterocycles. The van der Waals surface area contributed by atoms with Gasteiger partial charge < -0.3 is 5.32 Å². The van der Waals surface area contributed by atoms with Crippen LogP contribution in [0.15, 0.2) is 54.6 Å². The number of likely N-dealkylation sites (tertiary alicyclic amines) is 1. The summed E-state index contributed by atoms with van der Waals surface area (Å²) in [6, 6.07) is 16.1. The first-order valence-electron chi connectivity index (χ1n) is 8.07. The molecule has 1 unspecified atom stereocenters. The third-order valence-corrected chi connectivity index (χ3v) is 4.33. The van der Waals surface area contributed by atoms with E-state index in [1.165, 1.54) is 42.7 Å². The van der Waals surface area contributed by atoms with Gasteiger partial charge in [0.2, 0.25) is 0 Å². The minimum absolute atomic E-state index is 0.162. The van der Waals surface area contributed by atoms with E-state index in [1.807, 2.05) is 18.2 Å². The number of halogens is 1. The highest BCUT2D eigenvalue weighted by atomic mass is 19.1. The van der Waals surface area contributed by atoms with E-state index in [-0.39, 0.29) is 17.8 Å². The second-order valence-corrected chi connectivity index (χ2v) is 5.89. The standard InChI is InChI=1S/C19H21FN2O/c20-17-10-8-16(9-11-17)19(23)21-14-18(22-12-4-5-13-22)15-6-2-1-3-7-15/h1-3,6-11,18H,4-5,12-14H2,(H,21,23). The van der Waals surface area contributed by atoms with E-state index in [4.69, 9.17) is 0 Å². The Hall–Kier alpha value is -2.20. The van der Waals surface area contributed by atoms with Crippen LogP contribution in [-0.2, 0) is 0 Å². The minimum Gasteiger partial charge on any atom is -0.350 e. The molecular formula is C19H21FN2O. The van der Waals surface area contributed by atoms with Crippen LogP contribution in [0.1, 0.15) is 34.8 Å². The van der Waals surface area contributed by atoms with Crippen LogP contribution >= 0.6 is 0 Å². The number of amides is 1. The summed E-state index contributed by atoms with van der Waals surface area (Å²) in [6.45, 7) is 2.68. The molecule has 2 aromatic carbocycles. The molecular weight excluding hydrogens is 291 g/mol. The molecule has 1 amide bonds. The summed E-state index contributed by atoms with van der Waals surface area (Å²) in [4.78, 5) is 14.7. The van der Waals surface area contributed by atoms with Gasteiger partial charge in [0.05, 0.1) is 6.04 Å². The highest BCUT2D eigenvalue weighted by molar-refractivity contribution is 5.94. The zero-order valence-electron chi connectivity index (χ0n) is 13.0. The highest BCUT2D eigenvalue weighted by Gasteiger charge is 2.23. The zero-order valence-corrected chi connectivity index (χ0v) is 13.0. The van der Waals surface area contributed by atoms with Gasteiger partial charge in [0, 0.05) is 12.1 Å². The Morgan fingerprint density at radius 3 is 2.35 bits per heavy atom. The number of nitrogens with zero attached hydrogens (tertiary/aromatic N) is 1. The Morgan fingerprint density at radius 1 is 1.04 bits per heavy atom. The van der Waals surface area contributed by atoms with Crippen molar-refractivity contribution >= 4 is 5.91 Å². The van der Waals surface area contributed by atoms with Crippen LogP contribution in [0.25, 0.3) is 0 Å². The predicted octanol–water partition coefficient (Wildman–Crippen LogP) is 3.39. The fraction of sp³-hybridized carbons (Fsp3) is 0.316. The maximum atomic E-state index is 13.0. The summed E-state index contributed by atoms with van der Waals surface area (Å²) in [6.07, 6.45) is 2.41. The second-order valence-electron chi connectivity index (χ2n) is 5.89. The molecule has 2 aromatic rings. The SMILES string of the molecule is O=C(NCC(c1ccccc1)N1CCCC1)c1ccc(F)cc1. The number of carbonyl (C=O) groups is 1. The summed E-state index contributed by atoms with van der Waals surface area (Å²) in [7, 11) is 0. The second kappa shape index (κ2) is 7.38. The topological polar surface area (TPSA) is 32.3 Å². The molecule has 1 aliphatic rings. The normalized spacial score (nSPS) is 16.2. The smallest absolute Gasteiger partial charge is 0.251 e. The molecule has 0 saturated carbocycles. The van der Waals surface area contributed by atoms with E-state index in [1.54, 1.807) is 0 Å². The van der Waals surface area contributed by atoms with Gasteiger partial charge in [-0.15, -0.1) is 0 Å². The lowest BCUT2D eigenvalue weighted by Gasteiger charge is -2.28. The molecule has 1 atom stereocenters. The lowest BCUT2D eigenvalue weighted by molar-refractivity contribution is 0.0938. The number of carbonyl (C=O) groups excluding carboxylic acids is 1. The Morgan fingerprint density at radius 2 is 1.70 bits per heavy atom. The van der Waals surface area contributed by atoms with E-state index in [9.17, 15) is 9.18 Å². The van der Waals surface area contributed by atoms with Crippen LogP contribution in [-0.4, -0.2) is 30.4 Å². The number of benzene rings is 2. The van der Waals surface area contributed by atoms with Gasteiger partial charge in [-0.05, 0) is 55.8 Å². The van der Waals surface area contributed by atoms with Crippen LogP contribution in [0, 0.1) is 5.82 Å². The number of nitrogens with one attached hydrogen (secondary N) is 1. The van der Waals surface area contributed by atoms with Crippen molar-refractivity contribution in [2.24, 2.45) is 0 Å². The molecule has 0 bridgehead atoms. The number of hydrogen-bond acceptors (Lipinski definition) is 2. The molecule has 0 radical (unpaired) electrons. The van der Waals surface area contributed by atoms with Crippen LogP contribution in [0.5, 0.6) is 0 Å². The third-order valence-electron chi connectivity index (χ3n) is 4.33. The van der Waals surface area contributed by atoms with E-state index in [2.05, 4.69) is 22.3 Å². The molecule has 3 rings (SSSR count). The van der Waals surface area contributed by atoms with Gasteiger partial charge in [-0.2, -0.15) is 0 Å². The fourth-order valence-electron chi connectivity index (χ4n) is 3.08. The van der Waals surface area contributed by atoms with Gasteiger partial charge in [-0.25, -0.2) is 4.39 Å². The molecule has 0 aliphatic carbocycles. The van der Waals surface area contributed by atoms with Crippen molar-refractivity contribution in [3.05, 3.63) is 71.5 Å². The molecule has 1 heterocycles. The van der Waals surface area contributed by atoms with Crippen LogP contribution in [0.3, 0.4) is 0 Å². The summed E-state index contributed by atoms with van der Waals surface area (Å²) in [5, 5.41) is 2.99. The van der Waals surface area contributed by atoms with Crippen molar-refractivity contribution in [3.8, 4) is 0 Å². The first-order valence-corrected chi connectivity index (χ1v) is 8.07. The molecule has 4 heteroatoms. The Bertz CT molecular complexity index is 636. The fourth-order valence-corrected chi connectivity index (χ4v) is 3.08. The van der Waals surface area contributed by atoms with Crippen molar-refractivity contribution in [1.29, 1.82) is 0 Å². The molecule has 0 spiro atoms. The predicted molar refractivity (Wildman–Crippen MR) is 88.7 cm³/mol. The minimum atomic E-state index is -0.333. The van der Waals surface area contributed by atoms with E-state index in [0.717, 1.165) is 13.1 Å². The van der Waals surface area contributed by atoms with Crippen molar-refractivity contribution in [1.82, 2.24) is 10.2 Å². The number of hydrogen-bond donors (Lipinski definition) is 1. The van der Waals surface area contributed by atoms with Crippen molar-refractivity contribution in [3.63, 3.8) is 0 Å². The maximum absolute atomic E-state index is 13.0. The third kappa shape index (κ3) is 3.96. The van der Waals surface area contributed by atoms with Gasteiger partial charge >= 0.3 is 0 Å². The summed E-state index contributed by atoms with van der Waals surface area (Å²) < 4.78 is 13.0. The first kappa shape index (κ1) is 15.7. The van der Waals surface area contributed by atoms with Gasteiger partial charge in [-0.3, -0.25) is 9.69 Å². The van der Waals surface area contributed by atoms with E-state index in [0.29, 0.717) is 12.1 Å². The van der Waals surface area contributed by atoms with Gasteiger partial charge in [-0.1, -0.05) is 30.3 Å². The largest absolute Gasteiger partial charge is 0.350 e. The highest BCUT2D eigenvalue weighted by Crippen LogP contribution is 2.24. The average molecular weight is 312 g/mol. The molecule has 1 aliphatic heterocycles. The van der Waals surface area contributed by atoms with Crippen molar-refractivity contribution < 1.29 is 9.18 Å². The molecule has 1 fully saturated rings. The summed E-state index contributed by atoms with van der Waals surface area (Å²) in [5.74, 6) is -0.495. The zero-order chi connectivity index (χ0) is 16.1.